The highest BCUT2D eigenvalue weighted by Gasteiger charge is 2.65. The lowest BCUT2D eigenvalue weighted by molar-refractivity contribution is -0.155. The highest BCUT2D eigenvalue weighted by molar-refractivity contribution is 6.14. The molecule has 6 unspecified atom stereocenters. The topological polar surface area (TPSA) is 144 Å². The minimum Gasteiger partial charge on any atom is -0.481 e. The van der Waals surface area contributed by atoms with Crippen LogP contribution in [0.15, 0.2) is 47.1 Å². The first-order valence-corrected chi connectivity index (χ1v) is 14.2. The highest BCUT2D eigenvalue weighted by Crippen LogP contribution is 2.60. The number of aliphatic hydroxyl groups is 1. The Labute approximate surface area is 234 Å². The van der Waals surface area contributed by atoms with Crippen LogP contribution in [0.5, 0.6) is 0 Å². The number of esters is 3. The zero-order valence-corrected chi connectivity index (χ0v) is 23.1. The van der Waals surface area contributed by atoms with Crippen LogP contribution in [0.1, 0.15) is 78.1 Å². The van der Waals surface area contributed by atoms with Gasteiger partial charge in [-0.25, -0.2) is 9.59 Å². The lowest BCUT2D eigenvalue weighted by Crippen LogP contribution is -2.42. The number of carboxylic acids is 1. The summed E-state index contributed by atoms with van der Waals surface area (Å²) in [5.74, 6) is -5.57. The number of ketones is 1. The molecule has 0 aromatic carbocycles. The number of ether oxygens (including phenoxy) is 2. The number of hydrogen-bond donors (Lipinski definition) is 2. The highest BCUT2D eigenvalue weighted by atomic mass is 16.6. The van der Waals surface area contributed by atoms with Crippen LogP contribution in [0.4, 0.5) is 0 Å². The number of hydrogen-bond acceptors (Lipinski definition) is 8. The van der Waals surface area contributed by atoms with Gasteiger partial charge in [0.2, 0.25) is 0 Å². The van der Waals surface area contributed by atoms with E-state index in [1.807, 2.05) is 38.2 Å². The van der Waals surface area contributed by atoms with Crippen LogP contribution in [0.2, 0.25) is 0 Å². The molecular formula is C31H38O9. The Morgan fingerprint density at radius 1 is 1.07 bits per heavy atom. The third kappa shape index (κ3) is 5.61. The number of carbonyl (C=O) groups excluding carboxylic acids is 4. The molecular weight excluding hydrogens is 516 g/mol. The average molecular weight is 555 g/mol. The zero-order valence-electron chi connectivity index (χ0n) is 23.1. The molecule has 1 saturated heterocycles. The van der Waals surface area contributed by atoms with Gasteiger partial charge in [-0.1, -0.05) is 43.2 Å². The van der Waals surface area contributed by atoms with Crippen molar-refractivity contribution >= 4 is 29.7 Å². The van der Waals surface area contributed by atoms with Crippen LogP contribution >= 0.6 is 0 Å². The fourth-order valence-electron chi connectivity index (χ4n) is 6.88. The summed E-state index contributed by atoms with van der Waals surface area (Å²) in [7, 11) is 0. The van der Waals surface area contributed by atoms with Gasteiger partial charge in [0.1, 0.15) is 17.6 Å². The van der Waals surface area contributed by atoms with Gasteiger partial charge in [-0.3, -0.25) is 14.4 Å². The van der Waals surface area contributed by atoms with Gasteiger partial charge in [-0.05, 0) is 63.4 Å². The molecule has 0 aromatic heterocycles. The quantitative estimate of drug-likeness (QED) is 0.140. The van der Waals surface area contributed by atoms with E-state index in [4.69, 9.17) is 9.47 Å². The molecule has 0 aromatic rings. The molecule has 0 radical (unpaired) electrons. The predicted octanol–water partition coefficient (Wildman–Crippen LogP) is 4.15. The van der Waals surface area contributed by atoms with E-state index in [0.29, 0.717) is 18.4 Å². The number of carbonyl (C=O) groups is 5. The van der Waals surface area contributed by atoms with Crippen LogP contribution in [0, 0.1) is 23.2 Å². The van der Waals surface area contributed by atoms with Crippen molar-refractivity contribution < 1.29 is 43.7 Å². The molecule has 216 valence electrons. The summed E-state index contributed by atoms with van der Waals surface area (Å²) >= 11 is 0. The number of aliphatic carboxylic acids is 1. The number of aliphatic hydroxyl groups excluding tert-OH is 1. The molecule has 2 heterocycles. The predicted molar refractivity (Wildman–Crippen MR) is 143 cm³/mol. The number of unbranched alkanes of at least 4 members (excludes halogenated alkanes) is 3. The maximum atomic E-state index is 13.3. The fourth-order valence-corrected chi connectivity index (χ4v) is 6.88. The first kappa shape index (κ1) is 29.6. The van der Waals surface area contributed by atoms with Gasteiger partial charge in [-0.2, -0.15) is 0 Å². The zero-order chi connectivity index (χ0) is 29.0. The van der Waals surface area contributed by atoms with Crippen LogP contribution < -0.4 is 0 Å². The summed E-state index contributed by atoms with van der Waals surface area (Å²) in [4.78, 5) is 64.0. The molecule has 0 saturated carbocycles. The molecule has 4 bridgehead atoms. The van der Waals surface area contributed by atoms with E-state index < -0.39 is 59.8 Å². The minimum absolute atomic E-state index is 0.00667. The Morgan fingerprint density at radius 2 is 1.80 bits per heavy atom. The monoisotopic (exact) mass is 554 g/mol. The summed E-state index contributed by atoms with van der Waals surface area (Å²) in [6, 6.07) is 0. The Kier molecular flexibility index (Phi) is 9.23. The Bertz CT molecular complexity index is 1190. The first-order valence-electron chi connectivity index (χ1n) is 14.2. The van der Waals surface area contributed by atoms with Crippen molar-refractivity contribution in [2.45, 2.75) is 90.3 Å². The van der Waals surface area contributed by atoms with Gasteiger partial charge in [0.05, 0.1) is 17.6 Å². The van der Waals surface area contributed by atoms with E-state index in [1.165, 1.54) is 0 Å². The maximum Gasteiger partial charge on any atom is 0.342 e. The van der Waals surface area contributed by atoms with Crippen molar-refractivity contribution in [1.29, 1.82) is 0 Å². The van der Waals surface area contributed by atoms with E-state index in [1.54, 1.807) is 0 Å². The second kappa shape index (κ2) is 12.5. The first-order chi connectivity index (χ1) is 19.1. The summed E-state index contributed by atoms with van der Waals surface area (Å²) in [6.45, 7) is 3.82. The molecule has 2 N–H and O–H groups in total. The molecule has 1 fully saturated rings. The van der Waals surface area contributed by atoms with Crippen molar-refractivity contribution in [1.82, 2.24) is 0 Å². The number of carboxylic acid groups (broad SMARTS) is 1. The number of rotatable bonds is 14. The van der Waals surface area contributed by atoms with E-state index in [9.17, 15) is 34.2 Å². The number of cyclic esters (lactones) is 2. The van der Waals surface area contributed by atoms with Crippen LogP contribution in [-0.2, 0) is 33.4 Å². The average Bonchev–Trinajstić information content (AvgIpc) is 3.28. The molecule has 9 nitrogen and oxygen atoms in total. The van der Waals surface area contributed by atoms with Crippen molar-refractivity contribution in [2.24, 2.45) is 23.2 Å². The Morgan fingerprint density at radius 3 is 2.50 bits per heavy atom. The Balaban J connectivity index is 1.75. The molecule has 0 amide bonds. The minimum atomic E-state index is -1.61. The number of fused-ring (bicyclic) bond motifs is 1. The molecule has 4 rings (SSSR count). The number of Topliss-reactive ketones (excluding diaryl/α,β-unsaturated/α-hetero) is 1. The van der Waals surface area contributed by atoms with Crippen molar-refractivity contribution in [2.75, 3.05) is 0 Å². The van der Waals surface area contributed by atoms with Gasteiger partial charge in [0, 0.05) is 18.8 Å². The summed E-state index contributed by atoms with van der Waals surface area (Å²) in [5.41, 5.74) is -1.01. The maximum absolute atomic E-state index is 13.3. The van der Waals surface area contributed by atoms with Crippen molar-refractivity contribution in [3.63, 3.8) is 0 Å². The second-order valence-electron chi connectivity index (χ2n) is 11.2. The molecule has 2 aliphatic carbocycles. The Hall–Kier alpha value is -3.33. The van der Waals surface area contributed by atoms with Gasteiger partial charge < -0.3 is 19.7 Å². The lowest BCUT2D eigenvalue weighted by atomic mass is 9.62. The van der Waals surface area contributed by atoms with Gasteiger partial charge in [-0.15, -0.1) is 0 Å². The van der Waals surface area contributed by atoms with Gasteiger partial charge in [0.25, 0.3) is 0 Å². The molecule has 6 atom stereocenters. The standard InChI is InChI=1S/C31H38O9/c1-3-5-7-8-9-11-12-18-14-21-27-25(19(18)15-23(33)22(32)13-10-6-4-2)26-20(28(36)40-29(26)37)16-31(21,17-24(34)35)30(38)39-27/h3-6,14,18-19,23,25,27,33H,7-13,15-17H2,1-2H3,(H,34,35)/b5-3+,6-4+. The van der Waals surface area contributed by atoms with Gasteiger partial charge >= 0.3 is 23.9 Å². The summed E-state index contributed by atoms with van der Waals surface area (Å²) < 4.78 is 10.8. The molecule has 4 aliphatic rings. The van der Waals surface area contributed by atoms with E-state index in [2.05, 4.69) is 6.08 Å². The summed E-state index contributed by atoms with van der Waals surface area (Å²) in [5, 5.41) is 20.7. The van der Waals surface area contributed by atoms with Gasteiger partial charge in [0.15, 0.2) is 5.78 Å². The van der Waals surface area contributed by atoms with E-state index in [0.717, 1.165) is 25.7 Å². The molecule has 40 heavy (non-hydrogen) atoms. The van der Waals surface area contributed by atoms with Crippen molar-refractivity contribution in [3.05, 3.63) is 47.1 Å². The van der Waals surface area contributed by atoms with E-state index >= 15 is 0 Å². The largest absolute Gasteiger partial charge is 0.481 e. The normalized spacial score (nSPS) is 29.9. The third-order valence-corrected chi connectivity index (χ3v) is 8.76. The molecule has 9 heteroatoms. The third-order valence-electron chi connectivity index (χ3n) is 8.76. The smallest absolute Gasteiger partial charge is 0.342 e. The fraction of sp³-hybridized carbons (Fsp3) is 0.581. The lowest BCUT2D eigenvalue weighted by Gasteiger charge is -2.41. The van der Waals surface area contributed by atoms with Crippen LogP contribution in [0.3, 0.4) is 0 Å². The molecule has 0 spiro atoms. The number of allylic oxidation sites excluding steroid dienone is 5. The molecule has 2 aliphatic heterocycles. The summed E-state index contributed by atoms with van der Waals surface area (Å²) in [6.07, 6.45) is 11.6. The van der Waals surface area contributed by atoms with E-state index in [-0.39, 0.29) is 42.1 Å². The van der Waals surface area contributed by atoms with Crippen LogP contribution in [-0.4, -0.2) is 52.1 Å². The van der Waals surface area contributed by atoms with Crippen LogP contribution in [0.25, 0.3) is 0 Å². The van der Waals surface area contributed by atoms with Crippen molar-refractivity contribution in [3.8, 4) is 0 Å². The second-order valence-corrected chi connectivity index (χ2v) is 11.2. The SMILES string of the molecule is C/C=C/CCCCCC1C=C2C3OC(=O)C2(CC(=O)O)CC2=C(C(=O)OC2=O)C3C1CC(O)C(=O)CC/C=C/C.